The smallest absolute Gasteiger partial charge is 0.246 e. The highest BCUT2D eigenvalue weighted by Gasteiger charge is 2.26. The van der Waals surface area contributed by atoms with Crippen LogP contribution in [0.5, 0.6) is 0 Å². The van der Waals surface area contributed by atoms with E-state index in [1.54, 1.807) is 41.4 Å². The lowest BCUT2D eigenvalue weighted by atomic mass is 9.94. The molecule has 0 saturated carbocycles. The molecule has 1 aliphatic heterocycles. The molecule has 5 rings (SSSR count). The van der Waals surface area contributed by atoms with Crippen LogP contribution >= 0.6 is 15.9 Å². The zero-order valence-corrected chi connectivity index (χ0v) is 21.5. The van der Waals surface area contributed by atoms with Gasteiger partial charge in [0.05, 0.1) is 22.6 Å². The number of hydrogen-bond donors (Lipinski definition) is 1. The lowest BCUT2D eigenvalue weighted by Crippen LogP contribution is -2.38. The number of aromatic nitrogens is 4. The third kappa shape index (κ3) is 5.97. The Hall–Kier alpha value is -3.46. The number of likely N-dealkylation sites (tertiary alicyclic amines) is 1. The van der Waals surface area contributed by atoms with Crippen molar-refractivity contribution in [2.75, 3.05) is 18.4 Å². The van der Waals surface area contributed by atoms with Crippen LogP contribution in [0.25, 0.3) is 11.7 Å². The van der Waals surface area contributed by atoms with E-state index < -0.39 is 0 Å². The molecule has 1 aliphatic rings. The highest BCUT2D eigenvalue weighted by atomic mass is 79.9. The Morgan fingerprint density at radius 3 is 2.94 bits per heavy atom. The summed E-state index contributed by atoms with van der Waals surface area (Å²) in [5, 5.41) is 7.92. The van der Waals surface area contributed by atoms with Gasteiger partial charge in [-0.25, -0.2) is 4.98 Å². The summed E-state index contributed by atoms with van der Waals surface area (Å²) in [4.78, 5) is 23.7. The highest BCUT2D eigenvalue weighted by Crippen LogP contribution is 2.30. The Morgan fingerprint density at radius 1 is 1.29 bits per heavy atom. The Kier molecular flexibility index (Phi) is 8.31. The van der Waals surface area contributed by atoms with Crippen molar-refractivity contribution in [3.63, 3.8) is 0 Å². The lowest BCUT2D eigenvalue weighted by molar-refractivity contribution is -0.127. The topological polar surface area (TPSA) is 88.6 Å². The number of piperidine rings is 1. The van der Waals surface area contributed by atoms with Crippen LogP contribution in [0.15, 0.2) is 70.2 Å². The second kappa shape index (κ2) is 11.8. The van der Waals surface area contributed by atoms with Gasteiger partial charge in [-0.1, -0.05) is 19.9 Å². The van der Waals surface area contributed by atoms with Gasteiger partial charge < -0.3 is 14.6 Å². The Morgan fingerprint density at radius 2 is 2.17 bits per heavy atom. The zero-order chi connectivity index (χ0) is 24.6. The maximum absolute atomic E-state index is 12.8. The van der Waals surface area contributed by atoms with E-state index >= 15 is 0 Å². The molecule has 1 unspecified atom stereocenters. The summed E-state index contributed by atoms with van der Waals surface area (Å²) in [5.74, 6) is 1.65. The predicted molar refractivity (Wildman–Crippen MR) is 140 cm³/mol. The number of nitrogens with zero attached hydrogens (tertiary/aromatic N) is 5. The fourth-order valence-electron chi connectivity index (χ4n) is 4.05. The number of hydrogen-bond acceptors (Lipinski definition) is 6. The molecular weight excluding hydrogens is 508 g/mol. The number of furan rings is 1. The molecule has 0 bridgehead atoms. The first-order chi connectivity index (χ1) is 17.2. The van der Waals surface area contributed by atoms with Crippen LogP contribution in [0.1, 0.15) is 49.6 Å². The molecule has 0 aliphatic carbocycles. The first kappa shape index (κ1) is 24.7. The van der Waals surface area contributed by atoms with Crippen LogP contribution in [0, 0.1) is 0 Å². The number of amides is 1. The summed E-state index contributed by atoms with van der Waals surface area (Å²) in [6.45, 7) is 5.98. The molecule has 182 valence electrons. The number of rotatable bonds is 6. The number of carbonyl (C=O) groups is 1. The number of fused-ring (bicyclic) bond motifs is 1. The minimum atomic E-state index is -0.0161. The average Bonchev–Trinajstić information content (AvgIpc) is 3.58. The van der Waals surface area contributed by atoms with E-state index in [0.717, 1.165) is 46.6 Å². The number of carbonyl (C=O) groups excluding carboxylic acids is 1. The molecule has 0 aromatic carbocycles. The summed E-state index contributed by atoms with van der Waals surface area (Å²) in [5.41, 5.74) is 2.78. The maximum atomic E-state index is 12.8. The van der Waals surface area contributed by atoms with Crippen molar-refractivity contribution in [2.24, 2.45) is 0 Å². The Bertz CT molecular complexity index is 1270. The number of pyridine rings is 1. The lowest BCUT2D eigenvalue weighted by Gasteiger charge is -2.32. The van der Waals surface area contributed by atoms with Gasteiger partial charge >= 0.3 is 0 Å². The van der Waals surface area contributed by atoms with Gasteiger partial charge in [0, 0.05) is 50.1 Å². The van der Waals surface area contributed by atoms with Gasteiger partial charge in [-0.3, -0.25) is 9.78 Å². The molecule has 4 aromatic heterocycles. The molecule has 0 radical (unpaired) electrons. The fourth-order valence-corrected chi connectivity index (χ4v) is 4.40. The van der Waals surface area contributed by atoms with Crippen LogP contribution in [0.4, 0.5) is 5.82 Å². The molecule has 0 spiro atoms. The second-order valence-electron chi connectivity index (χ2n) is 7.98. The average molecular weight is 537 g/mol. The summed E-state index contributed by atoms with van der Waals surface area (Å²) in [6, 6.07) is 9.62. The van der Waals surface area contributed by atoms with E-state index in [2.05, 4.69) is 31.3 Å². The van der Waals surface area contributed by atoms with E-state index in [4.69, 9.17) is 9.40 Å². The van der Waals surface area contributed by atoms with Crippen molar-refractivity contribution >= 4 is 39.4 Å². The van der Waals surface area contributed by atoms with E-state index in [9.17, 15) is 4.79 Å². The summed E-state index contributed by atoms with van der Waals surface area (Å²) in [6.07, 6.45) is 12.1. The van der Waals surface area contributed by atoms with Gasteiger partial charge in [0.1, 0.15) is 11.6 Å². The number of nitrogens with one attached hydrogen (secondary N) is 1. The van der Waals surface area contributed by atoms with Gasteiger partial charge in [-0.15, -0.1) is 0 Å². The normalized spacial score (nSPS) is 15.7. The number of halogens is 1. The quantitative estimate of drug-likeness (QED) is 0.325. The molecule has 9 heteroatoms. The largest absolute Gasteiger partial charge is 0.465 e. The highest BCUT2D eigenvalue weighted by molar-refractivity contribution is 9.10. The third-order valence-corrected chi connectivity index (χ3v) is 6.29. The molecule has 1 fully saturated rings. The molecule has 5 heterocycles. The summed E-state index contributed by atoms with van der Waals surface area (Å²) < 4.78 is 7.91. The van der Waals surface area contributed by atoms with Crippen LogP contribution < -0.4 is 5.32 Å². The Balaban J connectivity index is 0.00000141. The van der Waals surface area contributed by atoms with Crippen molar-refractivity contribution in [1.29, 1.82) is 0 Å². The van der Waals surface area contributed by atoms with E-state index in [1.165, 1.54) is 0 Å². The number of anilines is 1. The van der Waals surface area contributed by atoms with Gasteiger partial charge in [0.15, 0.2) is 5.65 Å². The SMILES string of the molecule is CC.O=C(/C=C/c1ccco1)N1CCCC(c2cc(NCc3cccnc3)n3ncc(Br)c3n2)C1. The van der Waals surface area contributed by atoms with Crippen molar-refractivity contribution in [3.05, 3.63) is 82.8 Å². The van der Waals surface area contributed by atoms with Crippen LogP contribution in [0.2, 0.25) is 0 Å². The Labute approximate surface area is 213 Å². The standard InChI is InChI=1S/C24H23BrN6O2.C2H6/c25-20-15-28-31-22(27-14-17-4-1-9-26-13-17)12-21(29-24(20)31)18-5-2-10-30(16-18)23(32)8-7-19-6-3-11-33-19;1-2/h1,3-4,6-9,11-13,15,18,27H,2,5,10,14,16H2;1-2H3/b8-7+;. The van der Waals surface area contributed by atoms with Crippen molar-refractivity contribution in [1.82, 2.24) is 24.5 Å². The van der Waals surface area contributed by atoms with E-state index in [-0.39, 0.29) is 11.8 Å². The molecule has 8 nitrogen and oxygen atoms in total. The molecule has 35 heavy (non-hydrogen) atoms. The van der Waals surface area contributed by atoms with Crippen molar-refractivity contribution in [2.45, 2.75) is 39.2 Å². The minimum absolute atomic E-state index is 0.0161. The summed E-state index contributed by atoms with van der Waals surface area (Å²) >= 11 is 3.56. The molecule has 4 aromatic rings. The maximum Gasteiger partial charge on any atom is 0.246 e. The molecule has 1 atom stereocenters. The molecule has 1 saturated heterocycles. The van der Waals surface area contributed by atoms with E-state index in [0.29, 0.717) is 18.8 Å². The van der Waals surface area contributed by atoms with Crippen LogP contribution in [0.3, 0.4) is 0 Å². The summed E-state index contributed by atoms with van der Waals surface area (Å²) in [7, 11) is 0. The molecule has 1 amide bonds. The van der Waals surface area contributed by atoms with Gasteiger partial charge in [-0.2, -0.15) is 9.61 Å². The third-order valence-electron chi connectivity index (χ3n) is 5.73. The fraction of sp³-hybridized carbons (Fsp3) is 0.308. The van der Waals surface area contributed by atoms with E-state index in [1.807, 2.05) is 49.2 Å². The van der Waals surface area contributed by atoms with Crippen molar-refractivity contribution < 1.29 is 9.21 Å². The van der Waals surface area contributed by atoms with Gasteiger partial charge in [0.2, 0.25) is 5.91 Å². The van der Waals surface area contributed by atoms with Crippen LogP contribution in [-0.4, -0.2) is 43.5 Å². The second-order valence-corrected chi connectivity index (χ2v) is 8.84. The van der Waals surface area contributed by atoms with Gasteiger partial charge in [0.25, 0.3) is 0 Å². The molecular formula is C26H29BrN6O2. The first-order valence-corrected chi connectivity index (χ1v) is 12.6. The van der Waals surface area contributed by atoms with Gasteiger partial charge in [-0.05, 0) is 58.6 Å². The minimum Gasteiger partial charge on any atom is -0.465 e. The zero-order valence-electron chi connectivity index (χ0n) is 19.9. The van der Waals surface area contributed by atoms with Crippen molar-refractivity contribution in [3.8, 4) is 0 Å². The first-order valence-electron chi connectivity index (χ1n) is 11.8. The predicted octanol–water partition coefficient (Wildman–Crippen LogP) is 5.54. The molecule has 1 N–H and O–H groups in total. The van der Waals surface area contributed by atoms with Crippen LogP contribution in [-0.2, 0) is 11.3 Å². The monoisotopic (exact) mass is 536 g/mol.